The molecule has 18 heavy (non-hydrogen) atoms. The maximum absolute atomic E-state index is 12.2. The van der Waals surface area contributed by atoms with Crippen molar-refractivity contribution in [3.8, 4) is 0 Å². The summed E-state index contributed by atoms with van der Waals surface area (Å²) in [5.41, 5.74) is 0.418. The highest BCUT2D eigenvalue weighted by Crippen LogP contribution is 2.20. The third kappa shape index (κ3) is 3.47. The number of halogens is 2. The van der Waals surface area contributed by atoms with E-state index in [1.165, 1.54) is 25.1 Å². The van der Waals surface area contributed by atoms with E-state index in [1.54, 1.807) is 6.07 Å². The minimum absolute atomic E-state index is 0.107. The molecule has 7 heteroatoms. The molecule has 102 valence electrons. The van der Waals surface area contributed by atoms with Gasteiger partial charge in [0.15, 0.2) is 0 Å². The minimum atomic E-state index is -3.95. The van der Waals surface area contributed by atoms with Crippen LogP contribution in [0.4, 0.5) is 8.78 Å². The lowest BCUT2D eigenvalue weighted by Gasteiger charge is -2.17. The Morgan fingerprint density at radius 1 is 1.39 bits per heavy atom. The van der Waals surface area contributed by atoms with Crippen LogP contribution in [0.1, 0.15) is 18.6 Å². The minimum Gasteiger partial charge on any atom is -0.389 e. The van der Waals surface area contributed by atoms with Gasteiger partial charge in [0.25, 0.3) is 6.43 Å². The van der Waals surface area contributed by atoms with Crippen molar-refractivity contribution in [2.75, 3.05) is 13.6 Å². The number of rotatable bonds is 5. The Morgan fingerprint density at radius 2 is 2.00 bits per heavy atom. The van der Waals surface area contributed by atoms with Crippen LogP contribution in [0.5, 0.6) is 0 Å². The molecule has 1 atom stereocenters. The molecule has 1 unspecified atom stereocenters. The summed E-state index contributed by atoms with van der Waals surface area (Å²) in [7, 11) is -2.85. The van der Waals surface area contributed by atoms with Gasteiger partial charge in [0.05, 0.1) is 17.5 Å². The number of benzene rings is 1. The molecule has 4 nitrogen and oxygen atoms in total. The molecule has 0 spiro atoms. The van der Waals surface area contributed by atoms with E-state index in [-0.39, 0.29) is 4.90 Å². The molecule has 1 aromatic rings. The van der Waals surface area contributed by atoms with Crippen molar-refractivity contribution >= 4 is 10.0 Å². The standard InChI is InChI=1S/C11H15F2NO3S/c1-8(15)9-4-3-5-10(6-9)18(16,17)14(2)7-11(12)13/h3-6,8,11,15H,7H2,1-2H3. The van der Waals surface area contributed by atoms with Crippen molar-refractivity contribution in [3.05, 3.63) is 29.8 Å². The Kier molecular flexibility index (Phi) is 4.78. The average Bonchev–Trinajstić information content (AvgIpc) is 2.28. The summed E-state index contributed by atoms with van der Waals surface area (Å²) in [5, 5.41) is 9.37. The zero-order valence-corrected chi connectivity index (χ0v) is 10.9. The fourth-order valence-corrected chi connectivity index (χ4v) is 2.61. The first-order chi connectivity index (χ1) is 8.25. The molecule has 0 saturated heterocycles. The number of hydrogen-bond acceptors (Lipinski definition) is 3. The highest BCUT2D eigenvalue weighted by molar-refractivity contribution is 7.89. The smallest absolute Gasteiger partial charge is 0.252 e. The monoisotopic (exact) mass is 279 g/mol. The van der Waals surface area contributed by atoms with E-state index in [0.29, 0.717) is 9.87 Å². The van der Waals surface area contributed by atoms with Gasteiger partial charge in [-0.2, -0.15) is 4.31 Å². The molecule has 0 aliphatic heterocycles. The third-order valence-corrected chi connectivity index (χ3v) is 4.26. The van der Waals surface area contributed by atoms with Gasteiger partial charge in [-0.1, -0.05) is 12.1 Å². The SMILES string of the molecule is CC(O)c1cccc(S(=O)(=O)N(C)CC(F)F)c1. The molecule has 1 rings (SSSR count). The topological polar surface area (TPSA) is 57.6 Å². The van der Waals surface area contributed by atoms with Gasteiger partial charge in [-0.3, -0.25) is 0 Å². The summed E-state index contributed by atoms with van der Waals surface area (Å²) in [5.74, 6) is 0. The van der Waals surface area contributed by atoms with Gasteiger partial charge in [0, 0.05) is 7.05 Å². The Balaban J connectivity index is 3.08. The molecule has 0 heterocycles. The van der Waals surface area contributed by atoms with Gasteiger partial charge in [-0.15, -0.1) is 0 Å². The molecule has 0 aliphatic carbocycles. The Labute approximate surface area is 105 Å². The Hall–Kier alpha value is -1.05. The lowest BCUT2D eigenvalue weighted by molar-refractivity contribution is 0.126. The van der Waals surface area contributed by atoms with Crippen LogP contribution in [-0.4, -0.2) is 37.8 Å². The second-order valence-corrected chi connectivity index (χ2v) is 5.97. The van der Waals surface area contributed by atoms with Crippen LogP contribution in [0.15, 0.2) is 29.2 Å². The highest BCUT2D eigenvalue weighted by Gasteiger charge is 2.24. The van der Waals surface area contributed by atoms with E-state index < -0.39 is 29.1 Å². The molecule has 1 N–H and O–H groups in total. The van der Waals surface area contributed by atoms with Crippen molar-refractivity contribution in [2.45, 2.75) is 24.3 Å². The zero-order valence-electron chi connectivity index (χ0n) is 10.0. The molecule has 0 aromatic heterocycles. The first kappa shape index (κ1) is 15.0. The van der Waals surface area contributed by atoms with E-state index in [0.717, 1.165) is 7.05 Å². The van der Waals surface area contributed by atoms with Crippen LogP contribution in [0.3, 0.4) is 0 Å². The number of alkyl halides is 2. The Morgan fingerprint density at radius 3 is 2.50 bits per heavy atom. The van der Waals surface area contributed by atoms with Gasteiger partial charge in [0.1, 0.15) is 0 Å². The average molecular weight is 279 g/mol. The van der Waals surface area contributed by atoms with Crippen LogP contribution in [0.2, 0.25) is 0 Å². The summed E-state index contributed by atoms with van der Waals surface area (Å²) in [6.07, 6.45) is -3.55. The molecule has 0 bridgehead atoms. The quantitative estimate of drug-likeness (QED) is 0.891. The van der Waals surface area contributed by atoms with Crippen molar-refractivity contribution in [1.29, 1.82) is 0 Å². The summed E-state index contributed by atoms with van der Waals surface area (Å²) in [6, 6.07) is 5.62. The second kappa shape index (κ2) is 5.73. The highest BCUT2D eigenvalue weighted by atomic mass is 32.2. The van der Waals surface area contributed by atoms with E-state index >= 15 is 0 Å². The van der Waals surface area contributed by atoms with Crippen molar-refractivity contribution < 1.29 is 22.3 Å². The van der Waals surface area contributed by atoms with Gasteiger partial charge >= 0.3 is 0 Å². The van der Waals surface area contributed by atoms with Gasteiger partial charge in [0.2, 0.25) is 10.0 Å². The van der Waals surface area contributed by atoms with Crippen LogP contribution in [0.25, 0.3) is 0 Å². The van der Waals surface area contributed by atoms with E-state index in [1.807, 2.05) is 0 Å². The van der Waals surface area contributed by atoms with Gasteiger partial charge in [-0.05, 0) is 24.6 Å². The predicted molar refractivity (Wildman–Crippen MR) is 62.9 cm³/mol. The number of hydrogen-bond donors (Lipinski definition) is 1. The van der Waals surface area contributed by atoms with E-state index in [9.17, 15) is 22.3 Å². The summed E-state index contributed by atoms with van der Waals surface area (Å²) in [4.78, 5) is -0.107. The first-order valence-corrected chi connectivity index (χ1v) is 6.71. The number of aliphatic hydroxyl groups excluding tert-OH is 1. The Bertz CT molecular complexity index is 503. The predicted octanol–water partition coefficient (Wildman–Crippen LogP) is 1.63. The molecule has 0 aliphatic rings. The molecule has 1 aromatic carbocycles. The van der Waals surface area contributed by atoms with Crippen molar-refractivity contribution in [3.63, 3.8) is 0 Å². The maximum Gasteiger partial charge on any atom is 0.252 e. The second-order valence-electron chi connectivity index (χ2n) is 3.93. The fraction of sp³-hybridized carbons (Fsp3) is 0.455. The lowest BCUT2D eigenvalue weighted by atomic mass is 10.1. The van der Waals surface area contributed by atoms with Crippen LogP contribution in [0, 0.1) is 0 Å². The zero-order chi connectivity index (χ0) is 13.9. The van der Waals surface area contributed by atoms with E-state index in [2.05, 4.69) is 0 Å². The van der Waals surface area contributed by atoms with Gasteiger partial charge < -0.3 is 5.11 Å². The maximum atomic E-state index is 12.2. The molecule has 0 saturated carbocycles. The molecule has 0 radical (unpaired) electrons. The number of aliphatic hydroxyl groups is 1. The summed E-state index contributed by atoms with van der Waals surface area (Å²) in [6.45, 7) is 0.635. The molecular weight excluding hydrogens is 264 g/mol. The lowest BCUT2D eigenvalue weighted by Crippen LogP contribution is -2.31. The molecule has 0 amide bonds. The largest absolute Gasteiger partial charge is 0.389 e. The number of sulfonamides is 1. The first-order valence-electron chi connectivity index (χ1n) is 5.27. The van der Waals surface area contributed by atoms with Crippen molar-refractivity contribution in [1.82, 2.24) is 4.31 Å². The van der Waals surface area contributed by atoms with Crippen LogP contribution in [-0.2, 0) is 10.0 Å². The van der Waals surface area contributed by atoms with Crippen LogP contribution < -0.4 is 0 Å². The normalized spacial score (nSPS) is 14.2. The van der Waals surface area contributed by atoms with Gasteiger partial charge in [-0.25, -0.2) is 17.2 Å². The fourth-order valence-electron chi connectivity index (χ4n) is 1.41. The summed E-state index contributed by atoms with van der Waals surface area (Å²) < 4.78 is 48.9. The van der Waals surface area contributed by atoms with E-state index in [4.69, 9.17) is 0 Å². The molecular formula is C11H15F2NO3S. The summed E-state index contributed by atoms with van der Waals surface area (Å²) >= 11 is 0. The van der Waals surface area contributed by atoms with Crippen LogP contribution >= 0.6 is 0 Å². The third-order valence-electron chi connectivity index (χ3n) is 2.44. The molecule has 0 fully saturated rings. The number of nitrogens with zero attached hydrogens (tertiary/aromatic N) is 1. The van der Waals surface area contributed by atoms with Crippen molar-refractivity contribution in [2.24, 2.45) is 0 Å².